The van der Waals surface area contributed by atoms with Crippen LogP contribution in [0.25, 0.3) is 0 Å². The number of carbonyl (C=O) groups excluding carboxylic acids is 1. The molecule has 0 saturated carbocycles. The van der Waals surface area contributed by atoms with Gasteiger partial charge in [0, 0.05) is 17.4 Å². The van der Waals surface area contributed by atoms with E-state index in [2.05, 4.69) is 35.7 Å². The number of pyridine rings is 1. The van der Waals surface area contributed by atoms with Crippen LogP contribution in [-0.2, 0) is 17.6 Å². The van der Waals surface area contributed by atoms with Crippen LogP contribution in [0.3, 0.4) is 0 Å². The van der Waals surface area contributed by atoms with Gasteiger partial charge in [-0.25, -0.2) is 4.98 Å². The minimum Gasteiger partial charge on any atom is -0.486 e. The smallest absolute Gasteiger partial charge is 0.237 e. The summed E-state index contributed by atoms with van der Waals surface area (Å²) in [6.07, 6.45) is 2.78. The highest BCUT2D eigenvalue weighted by molar-refractivity contribution is 8.00. The van der Waals surface area contributed by atoms with Crippen LogP contribution >= 0.6 is 11.8 Å². The van der Waals surface area contributed by atoms with Crippen LogP contribution < -0.4 is 14.8 Å². The van der Waals surface area contributed by atoms with Crippen LogP contribution in [0.1, 0.15) is 41.6 Å². The molecule has 6 nitrogen and oxygen atoms in total. The molecule has 0 spiro atoms. The zero-order valence-corrected chi connectivity index (χ0v) is 19.7. The van der Waals surface area contributed by atoms with Gasteiger partial charge in [0.05, 0.1) is 10.8 Å². The number of ether oxygens (including phenoxy) is 2. The van der Waals surface area contributed by atoms with Gasteiger partial charge in [-0.2, -0.15) is 5.26 Å². The third-order valence-electron chi connectivity index (χ3n) is 6.21. The minimum atomic E-state index is -0.425. The third kappa shape index (κ3) is 4.73. The Hall–Kier alpha value is -3.50. The molecule has 0 fully saturated rings. The molecule has 172 valence electrons. The molecule has 1 aliphatic heterocycles. The summed E-state index contributed by atoms with van der Waals surface area (Å²) >= 11 is 1.32. The lowest BCUT2D eigenvalue weighted by molar-refractivity contribution is -0.115. The van der Waals surface area contributed by atoms with Gasteiger partial charge in [-0.15, -0.1) is 0 Å². The van der Waals surface area contributed by atoms with Gasteiger partial charge in [0.2, 0.25) is 5.91 Å². The maximum absolute atomic E-state index is 12.9. The van der Waals surface area contributed by atoms with E-state index in [1.54, 1.807) is 18.2 Å². The van der Waals surface area contributed by atoms with Crippen molar-refractivity contribution >= 4 is 23.4 Å². The molecule has 1 amide bonds. The first-order valence-corrected chi connectivity index (χ1v) is 12.3. The first kappa shape index (κ1) is 22.3. The van der Waals surface area contributed by atoms with Crippen LogP contribution in [-0.4, -0.2) is 29.4 Å². The lowest BCUT2D eigenvalue weighted by atomic mass is 9.82. The molecule has 2 atom stereocenters. The number of carbonyl (C=O) groups is 1. The van der Waals surface area contributed by atoms with Gasteiger partial charge in [0.15, 0.2) is 11.5 Å². The van der Waals surface area contributed by atoms with Crippen LogP contribution in [0.4, 0.5) is 5.69 Å². The van der Waals surface area contributed by atoms with Crippen molar-refractivity contribution in [1.82, 2.24) is 4.98 Å². The maximum Gasteiger partial charge on any atom is 0.237 e. The van der Waals surface area contributed by atoms with Gasteiger partial charge in [-0.3, -0.25) is 4.79 Å². The van der Waals surface area contributed by atoms with E-state index >= 15 is 0 Å². The average Bonchev–Trinajstić information content (AvgIpc) is 2.88. The summed E-state index contributed by atoms with van der Waals surface area (Å²) in [4.78, 5) is 17.7. The summed E-state index contributed by atoms with van der Waals surface area (Å²) in [7, 11) is 0. The summed E-state index contributed by atoms with van der Waals surface area (Å²) in [5.41, 5.74) is 4.67. The molecular weight excluding hydrogens is 446 g/mol. The Morgan fingerprint density at radius 3 is 2.74 bits per heavy atom. The number of nitriles is 1. The molecule has 7 heteroatoms. The summed E-state index contributed by atoms with van der Waals surface area (Å²) < 4.78 is 11.1. The highest BCUT2D eigenvalue weighted by Gasteiger charge is 2.25. The van der Waals surface area contributed by atoms with E-state index in [9.17, 15) is 10.1 Å². The van der Waals surface area contributed by atoms with Gasteiger partial charge in [-0.1, -0.05) is 42.1 Å². The van der Waals surface area contributed by atoms with E-state index in [1.807, 2.05) is 19.1 Å². The fraction of sp³-hybridized carbons (Fsp3) is 0.296. The van der Waals surface area contributed by atoms with Crippen molar-refractivity contribution in [2.24, 2.45) is 0 Å². The highest BCUT2D eigenvalue weighted by atomic mass is 32.2. The quantitative estimate of drug-likeness (QED) is 0.520. The molecule has 0 saturated heterocycles. The molecule has 2 aromatic carbocycles. The van der Waals surface area contributed by atoms with E-state index in [0.717, 1.165) is 30.5 Å². The number of fused-ring (bicyclic) bond motifs is 2. The predicted octanol–water partition coefficient (Wildman–Crippen LogP) is 5.12. The Morgan fingerprint density at radius 1 is 1.15 bits per heavy atom. The van der Waals surface area contributed by atoms with E-state index in [0.29, 0.717) is 46.9 Å². The lowest BCUT2D eigenvalue weighted by Gasteiger charge is -2.25. The van der Waals surface area contributed by atoms with Crippen molar-refractivity contribution in [1.29, 1.82) is 5.26 Å². The first-order valence-electron chi connectivity index (χ1n) is 11.5. The number of hydrogen-bond donors (Lipinski definition) is 1. The standard InChI is InChI=1S/C27H25N3O3S/c1-17(26(31)29-22-8-10-24-25(15-22)33-12-11-32-24)34-27-21(16-28)14-20-13-19(7-9-23(20)30-27)18-5-3-2-4-6-18/h2-6,8,10,14-15,17,19H,7,9,11-13H2,1H3,(H,29,31). The average molecular weight is 472 g/mol. The van der Waals surface area contributed by atoms with Gasteiger partial charge in [-0.05, 0) is 61.4 Å². The zero-order valence-electron chi connectivity index (χ0n) is 18.9. The number of thioether (sulfide) groups is 1. The van der Waals surface area contributed by atoms with Crippen molar-refractivity contribution < 1.29 is 14.3 Å². The second kappa shape index (κ2) is 9.78. The number of nitrogens with zero attached hydrogens (tertiary/aromatic N) is 2. The summed E-state index contributed by atoms with van der Waals surface area (Å²) in [6.45, 7) is 2.84. The number of amides is 1. The number of rotatable bonds is 5. The number of anilines is 1. The Labute approximate surface area is 203 Å². The number of aromatic nitrogens is 1. The second-order valence-corrected chi connectivity index (χ2v) is 9.85. The van der Waals surface area contributed by atoms with Crippen molar-refractivity contribution in [3.8, 4) is 17.6 Å². The fourth-order valence-corrected chi connectivity index (χ4v) is 5.31. The molecule has 2 heterocycles. The van der Waals surface area contributed by atoms with Crippen LogP contribution in [0.5, 0.6) is 11.5 Å². The summed E-state index contributed by atoms with van der Waals surface area (Å²) in [6, 6.07) is 20.1. The van der Waals surface area contributed by atoms with E-state index in [1.165, 1.54) is 17.3 Å². The van der Waals surface area contributed by atoms with Crippen LogP contribution in [0.15, 0.2) is 59.6 Å². The monoisotopic (exact) mass is 471 g/mol. The molecule has 2 unspecified atom stereocenters. The molecule has 34 heavy (non-hydrogen) atoms. The minimum absolute atomic E-state index is 0.158. The summed E-state index contributed by atoms with van der Waals surface area (Å²) in [5.74, 6) is 1.59. The molecule has 3 aromatic rings. The normalized spacial score (nSPS) is 17.2. The number of aryl methyl sites for hydroxylation is 1. The molecule has 2 aliphatic rings. The number of benzene rings is 2. The van der Waals surface area contributed by atoms with E-state index in [-0.39, 0.29) is 5.91 Å². The number of hydrogen-bond acceptors (Lipinski definition) is 6. The molecule has 1 aliphatic carbocycles. The molecular formula is C27H25N3O3S. The fourth-order valence-electron chi connectivity index (χ4n) is 4.41. The Kier molecular flexibility index (Phi) is 6.41. The summed E-state index contributed by atoms with van der Waals surface area (Å²) in [5, 5.41) is 12.9. The molecule has 0 radical (unpaired) electrons. The van der Waals surface area contributed by atoms with Gasteiger partial charge in [0.1, 0.15) is 24.3 Å². The van der Waals surface area contributed by atoms with Crippen LogP contribution in [0.2, 0.25) is 0 Å². The largest absolute Gasteiger partial charge is 0.486 e. The number of nitrogens with one attached hydrogen (secondary N) is 1. The third-order valence-corrected chi connectivity index (χ3v) is 7.31. The molecule has 0 bridgehead atoms. The predicted molar refractivity (Wildman–Crippen MR) is 132 cm³/mol. The van der Waals surface area contributed by atoms with Gasteiger partial charge < -0.3 is 14.8 Å². The van der Waals surface area contributed by atoms with Gasteiger partial charge in [0.25, 0.3) is 0 Å². The maximum atomic E-state index is 12.9. The molecule has 1 aromatic heterocycles. The Balaban J connectivity index is 1.28. The second-order valence-electron chi connectivity index (χ2n) is 8.52. The Bertz CT molecular complexity index is 1260. The van der Waals surface area contributed by atoms with Gasteiger partial charge >= 0.3 is 0 Å². The first-order chi connectivity index (χ1) is 16.6. The van der Waals surface area contributed by atoms with Crippen molar-refractivity contribution in [2.75, 3.05) is 18.5 Å². The molecule has 5 rings (SSSR count). The van der Waals surface area contributed by atoms with Crippen molar-refractivity contribution in [3.05, 3.63) is 77.0 Å². The SMILES string of the molecule is CC(Sc1nc2c(cc1C#N)CC(c1ccccc1)CC2)C(=O)Nc1ccc2c(c1)OCCO2. The van der Waals surface area contributed by atoms with Crippen molar-refractivity contribution in [2.45, 2.75) is 42.4 Å². The topological polar surface area (TPSA) is 84.2 Å². The zero-order chi connectivity index (χ0) is 23.5. The highest BCUT2D eigenvalue weighted by Crippen LogP contribution is 2.36. The van der Waals surface area contributed by atoms with Crippen LogP contribution in [0, 0.1) is 11.3 Å². The van der Waals surface area contributed by atoms with Crippen molar-refractivity contribution in [3.63, 3.8) is 0 Å². The Morgan fingerprint density at radius 2 is 1.94 bits per heavy atom. The lowest BCUT2D eigenvalue weighted by Crippen LogP contribution is -2.23. The van der Waals surface area contributed by atoms with E-state index in [4.69, 9.17) is 14.5 Å². The van der Waals surface area contributed by atoms with E-state index < -0.39 is 5.25 Å². The molecule has 1 N–H and O–H groups in total.